The van der Waals surface area contributed by atoms with Crippen LogP contribution in [-0.4, -0.2) is 23.1 Å². The zero-order chi connectivity index (χ0) is 21.7. The number of aromatic nitrogens is 2. The second-order valence-corrected chi connectivity index (χ2v) is 6.88. The van der Waals surface area contributed by atoms with Gasteiger partial charge in [0.1, 0.15) is 17.9 Å². The van der Waals surface area contributed by atoms with Crippen LogP contribution in [0.1, 0.15) is 25.0 Å². The summed E-state index contributed by atoms with van der Waals surface area (Å²) in [6, 6.07) is 16.1. The van der Waals surface area contributed by atoms with Crippen molar-refractivity contribution in [3.8, 4) is 11.6 Å². The fourth-order valence-electron chi connectivity index (χ4n) is 2.70. The molecule has 0 atom stereocenters. The van der Waals surface area contributed by atoms with Gasteiger partial charge < -0.3 is 14.4 Å². The van der Waals surface area contributed by atoms with E-state index in [1.807, 2.05) is 19.9 Å². The van der Waals surface area contributed by atoms with Gasteiger partial charge in [-0.2, -0.15) is 18.2 Å². The van der Waals surface area contributed by atoms with Gasteiger partial charge in [-0.05, 0) is 31.5 Å². The van der Waals surface area contributed by atoms with Crippen LogP contribution in [0.5, 0.6) is 11.6 Å². The molecular formula is C22H22F3N3O2. The molecule has 0 amide bonds. The van der Waals surface area contributed by atoms with E-state index in [2.05, 4.69) is 9.97 Å². The van der Waals surface area contributed by atoms with Crippen LogP contribution in [0.15, 0.2) is 60.8 Å². The van der Waals surface area contributed by atoms with Crippen LogP contribution in [0.25, 0.3) is 0 Å². The summed E-state index contributed by atoms with van der Waals surface area (Å²) in [4.78, 5) is 9.53. The van der Waals surface area contributed by atoms with Crippen molar-refractivity contribution < 1.29 is 22.6 Å². The Morgan fingerprint density at radius 1 is 1.03 bits per heavy atom. The zero-order valence-electron chi connectivity index (χ0n) is 16.8. The van der Waals surface area contributed by atoms with E-state index in [9.17, 15) is 13.2 Å². The molecule has 158 valence electrons. The lowest BCUT2D eigenvalue weighted by molar-refractivity contribution is -0.139. The van der Waals surface area contributed by atoms with Gasteiger partial charge in [-0.15, -0.1) is 0 Å². The van der Waals surface area contributed by atoms with E-state index in [4.69, 9.17) is 9.47 Å². The van der Waals surface area contributed by atoms with Gasteiger partial charge in [-0.3, -0.25) is 0 Å². The van der Waals surface area contributed by atoms with Crippen LogP contribution < -0.4 is 14.4 Å². The predicted molar refractivity (Wildman–Crippen MR) is 108 cm³/mol. The van der Waals surface area contributed by atoms with Crippen molar-refractivity contribution in [1.29, 1.82) is 0 Å². The molecular weight excluding hydrogens is 395 g/mol. The molecule has 0 bridgehead atoms. The quantitative estimate of drug-likeness (QED) is 0.499. The number of rotatable bonds is 7. The van der Waals surface area contributed by atoms with Crippen molar-refractivity contribution in [1.82, 2.24) is 9.97 Å². The first-order chi connectivity index (χ1) is 14.2. The first-order valence-corrected chi connectivity index (χ1v) is 9.35. The molecule has 3 rings (SSSR count). The van der Waals surface area contributed by atoms with Gasteiger partial charge in [0.2, 0.25) is 11.8 Å². The minimum absolute atomic E-state index is 0.00846. The highest BCUT2D eigenvalue weighted by atomic mass is 19.4. The van der Waals surface area contributed by atoms with E-state index in [1.165, 1.54) is 0 Å². The van der Waals surface area contributed by atoms with E-state index < -0.39 is 17.6 Å². The minimum Gasteiger partial charge on any atom is -0.491 e. The van der Waals surface area contributed by atoms with Crippen LogP contribution in [-0.2, 0) is 12.8 Å². The average Bonchev–Trinajstić information content (AvgIpc) is 2.71. The number of hydrogen-bond acceptors (Lipinski definition) is 5. The number of alkyl halides is 3. The van der Waals surface area contributed by atoms with Gasteiger partial charge >= 0.3 is 6.18 Å². The van der Waals surface area contributed by atoms with Gasteiger partial charge in [-0.1, -0.05) is 36.4 Å². The summed E-state index contributed by atoms with van der Waals surface area (Å²) in [6.07, 6.45) is -3.90. The number of halogens is 3. The Bertz CT molecular complexity index is 979. The van der Waals surface area contributed by atoms with Crippen molar-refractivity contribution in [3.63, 3.8) is 0 Å². The molecule has 0 unspecified atom stereocenters. The first kappa shape index (κ1) is 21.4. The number of ether oxygens (including phenoxy) is 2. The van der Waals surface area contributed by atoms with Gasteiger partial charge in [0.05, 0.1) is 6.10 Å². The zero-order valence-corrected chi connectivity index (χ0v) is 16.8. The largest absolute Gasteiger partial charge is 0.491 e. The third kappa shape index (κ3) is 5.40. The maximum absolute atomic E-state index is 13.4. The van der Waals surface area contributed by atoms with E-state index in [-0.39, 0.29) is 18.7 Å². The third-order valence-corrected chi connectivity index (χ3v) is 4.14. The van der Waals surface area contributed by atoms with Crippen molar-refractivity contribution in [2.75, 3.05) is 11.9 Å². The molecule has 0 N–H and O–H groups in total. The fourth-order valence-corrected chi connectivity index (χ4v) is 2.70. The summed E-state index contributed by atoms with van der Waals surface area (Å²) in [5, 5.41) is 0. The lowest BCUT2D eigenvalue weighted by Crippen LogP contribution is -2.17. The maximum Gasteiger partial charge on any atom is 0.423 e. The van der Waals surface area contributed by atoms with Crippen molar-refractivity contribution in [2.45, 2.75) is 32.7 Å². The SMILES string of the molecule is CC(C)Oc1cccc(N(C)c2ncc(C(F)(F)F)c(OCc3ccccc3)n2)c1. The predicted octanol–water partition coefficient (Wildman–Crippen LogP) is 5.63. The number of benzene rings is 2. The number of anilines is 2. The Kier molecular flexibility index (Phi) is 6.44. The molecule has 0 aliphatic rings. The summed E-state index contributed by atoms with van der Waals surface area (Å²) >= 11 is 0. The van der Waals surface area contributed by atoms with Crippen LogP contribution in [0.4, 0.5) is 24.8 Å². The smallest absolute Gasteiger partial charge is 0.423 e. The van der Waals surface area contributed by atoms with Crippen molar-refractivity contribution in [3.05, 3.63) is 71.9 Å². The van der Waals surface area contributed by atoms with Gasteiger partial charge in [0.25, 0.3) is 0 Å². The van der Waals surface area contributed by atoms with E-state index in [1.54, 1.807) is 60.5 Å². The molecule has 30 heavy (non-hydrogen) atoms. The summed E-state index contributed by atoms with van der Waals surface area (Å²) in [5.41, 5.74) is 0.382. The lowest BCUT2D eigenvalue weighted by Gasteiger charge is -2.20. The standard InChI is InChI=1S/C22H22F3N3O2/c1-15(2)30-18-11-7-10-17(12-18)28(3)21-26-13-19(22(23,24)25)20(27-21)29-14-16-8-5-4-6-9-16/h4-13,15H,14H2,1-3H3. The van der Waals surface area contributed by atoms with Gasteiger partial charge in [0.15, 0.2) is 0 Å². The van der Waals surface area contributed by atoms with Gasteiger partial charge in [-0.25, -0.2) is 4.98 Å². The molecule has 2 aromatic carbocycles. The molecule has 8 heteroatoms. The normalized spacial score (nSPS) is 11.4. The summed E-state index contributed by atoms with van der Waals surface area (Å²) in [7, 11) is 1.66. The molecule has 0 saturated carbocycles. The topological polar surface area (TPSA) is 47.5 Å². The van der Waals surface area contributed by atoms with Crippen LogP contribution in [0.2, 0.25) is 0 Å². The number of nitrogens with zero attached hydrogens (tertiary/aromatic N) is 3. The lowest BCUT2D eigenvalue weighted by atomic mass is 10.2. The molecule has 1 heterocycles. The van der Waals surface area contributed by atoms with Crippen LogP contribution in [0, 0.1) is 0 Å². The summed E-state index contributed by atoms with van der Waals surface area (Å²) < 4.78 is 51.3. The highest BCUT2D eigenvalue weighted by Crippen LogP contribution is 2.36. The summed E-state index contributed by atoms with van der Waals surface area (Å²) in [6.45, 7) is 3.78. The Hall–Kier alpha value is -3.29. The molecule has 0 aliphatic carbocycles. The van der Waals surface area contributed by atoms with Crippen molar-refractivity contribution in [2.24, 2.45) is 0 Å². The molecule has 0 aliphatic heterocycles. The second-order valence-electron chi connectivity index (χ2n) is 6.88. The molecule has 1 aromatic heterocycles. The Morgan fingerprint density at radius 2 is 1.77 bits per heavy atom. The Balaban J connectivity index is 1.89. The van der Waals surface area contributed by atoms with Crippen LogP contribution in [0.3, 0.4) is 0 Å². The monoisotopic (exact) mass is 417 g/mol. The number of hydrogen-bond donors (Lipinski definition) is 0. The van der Waals surface area contributed by atoms with E-state index >= 15 is 0 Å². The van der Waals surface area contributed by atoms with E-state index in [0.717, 1.165) is 11.8 Å². The molecule has 0 saturated heterocycles. The highest BCUT2D eigenvalue weighted by molar-refractivity contribution is 5.59. The molecule has 3 aromatic rings. The minimum atomic E-state index is -4.63. The summed E-state index contributed by atoms with van der Waals surface area (Å²) in [5.74, 6) is 0.201. The fraction of sp³-hybridized carbons (Fsp3) is 0.273. The maximum atomic E-state index is 13.4. The van der Waals surface area contributed by atoms with Crippen molar-refractivity contribution >= 4 is 11.6 Å². The molecule has 0 radical (unpaired) electrons. The third-order valence-electron chi connectivity index (χ3n) is 4.14. The van der Waals surface area contributed by atoms with E-state index in [0.29, 0.717) is 11.4 Å². The first-order valence-electron chi connectivity index (χ1n) is 9.35. The molecule has 0 spiro atoms. The van der Waals surface area contributed by atoms with Gasteiger partial charge in [0, 0.05) is 25.0 Å². The Labute approximate surface area is 173 Å². The highest BCUT2D eigenvalue weighted by Gasteiger charge is 2.36. The molecule has 0 fully saturated rings. The van der Waals surface area contributed by atoms with Crippen LogP contribution >= 0.6 is 0 Å². The second kappa shape index (κ2) is 9.02. The Morgan fingerprint density at radius 3 is 2.43 bits per heavy atom. The molecule has 5 nitrogen and oxygen atoms in total. The average molecular weight is 417 g/mol.